The first kappa shape index (κ1) is 12.1. The van der Waals surface area contributed by atoms with Crippen LogP contribution in [0.3, 0.4) is 0 Å². The Morgan fingerprint density at radius 3 is 2.77 bits per heavy atom. The van der Waals surface area contributed by atoms with Gasteiger partial charge in [-0.15, -0.1) is 0 Å². The second-order valence-electron chi connectivity index (χ2n) is 2.22. The average molecular weight is 211 g/mol. The van der Waals surface area contributed by atoms with Gasteiger partial charge in [-0.2, -0.15) is 0 Å². The van der Waals surface area contributed by atoms with E-state index in [1.165, 1.54) is 7.11 Å². The van der Waals surface area contributed by atoms with E-state index < -0.39 is 10.0 Å². The highest BCUT2D eigenvalue weighted by Crippen LogP contribution is 1.83. The van der Waals surface area contributed by atoms with Gasteiger partial charge in [0, 0.05) is 7.11 Å². The van der Waals surface area contributed by atoms with Crippen LogP contribution in [0.2, 0.25) is 0 Å². The summed E-state index contributed by atoms with van der Waals surface area (Å²) in [5.41, 5.74) is 5.05. The van der Waals surface area contributed by atoms with E-state index in [4.69, 9.17) is 10.9 Å². The quantitative estimate of drug-likeness (QED) is 0.210. The fourth-order valence-electron chi connectivity index (χ4n) is 0.484. The van der Waals surface area contributed by atoms with Crippen LogP contribution in [-0.4, -0.2) is 45.5 Å². The molecule has 0 spiro atoms. The molecule has 0 unspecified atom stereocenters. The molecule has 78 valence electrons. The molecule has 7 nitrogen and oxygen atoms in total. The van der Waals surface area contributed by atoms with Crippen LogP contribution in [0.15, 0.2) is 5.16 Å². The largest absolute Gasteiger partial charge is 0.409 e. The second kappa shape index (κ2) is 5.73. The number of nitrogens with zero attached hydrogens (tertiary/aromatic N) is 1. The average Bonchev–Trinajstić information content (AvgIpc) is 2.11. The molecule has 0 aliphatic carbocycles. The minimum Gasteiger partial charge on any atom is -0.409 e. The number of nitrogens with two attached hydrogens (primary N) is 1. The van der Waals surface area contributed by atoms with Crippen molar-refractivity contribution in [2.75, 3.05) is 26.0 Å². The molecule has 0 atom stereocenters. The molecule has 0 bridgehead atoms. The van der Waals surface area contributed by atoms with Gasteiger partial charge in [0.05, 0.1) is 18.9 Å². The molecule has 0 heterocycles. The summed E-state index contributed by atoms with van der Waals surface area (Å²) < 4.78 is 28.8. The third-order valence-corrected chi connectivity index (χ3v) is 2.45. The van der Waals surface area contributed by atoms with Crippen molar-refractivity contribution >= 4 is 15.9 Å². The van der Waals surface area contributed by atoms with Crippen molar-refractivity contribution in [3.8, 4) is 0 Å². The van der Waals surface area contributed by atoms with Gasteiger partial charge in [-0.25, -0.2) is 13.1 Å². The van der Waals surface area contributed by atoms with Gasteiger partial charge in [-0.3, -0.25) is 0 Å². The SMILES string of the molecule is COCCS(=O)(=O)NCC(N)=NO. The van der Waals surface area contributed by atoms with E-state index in [1.807, 2.05) is 0 Å². The lowest BCUT2D eigenvalue weighted by Crippen LogP contribution is -2.35. The summed E-state index contributed by atoms with van der Waals surface area (Å²) in [4.78, 5) is 0. The minimum atomic E-state index is -3.40. The van der Waals surface area contributed by atoms with E-state index in [1.54, 1.807) is 0 Å². The number of methoxy groups -OCH3 is 1. The van der Waals surface area contributed by atoms with Gasteiger partial charge in [0.15, 0.2) is 5.84 Å². The molecule has 0 rings (SSSR count). The van der Waals surface area contributed by atoms with Crippen molar-refractivity contribution in [1.29, 1.82) is 0 Å². The molecule has 0 saturated heterocycles. The minimum absolute atomic E-state index is 0.103. The molecule has 0 fully saturated rings. The highest BCUT2D eigenvalue weighted by molar-refractivity contribution is 7.89. The van der Waals surface area contributed by atoms with Crippen LogP contribution in [0, 0.1) is 0 Å². The molecule has 0 aliphatic rings. The Morgan fingerprint density at radius 2 is 2.31 bits per heavy atom. The summed E-state index contributed by atoms with van der Waals surface area (Å²) in [6, 6.07) is 0. The van der Waals surface area contributed by atoms with E-state index in [0.717, 1.165) is 0 Å². The van der Waals surface area contributed by atoms with Gasteiger partial charge in [0.2, 0.25) is 10.0 Å². The Kier molecular flexibility index (Phi) is 5.35. The van der Waals surface area contributed by atoms with Gasteiger partial charge < -0.3 is 15.7 Å². The number of rotatable bonds is 6. The summed E-state index contributed by atoms with van der Waals surface area (Å²) in [7, 11) is -1.99. The summed E-state index contributed by atoms with van der Waals surface area (Å²) in [6.45, 7) is -0.103. The molecule has 0 aromatic heterocycles. The highest BCUT2D eigenvalue weighted by Gasteiger charge is 2.09. The highest BCUT2D eigenvalue weighted by atomic mass is 32.2. The topological polar surface area (TPSA) is 114 Å². The third-order valence-electron chi connectivity index (χ3n) is 1.16. The number of ether oxygens (including phenoxy) is 1. The monoisotopic (exact) mass is 211 g/mol. The lowest BCUT2D eigenvalue weighted by atomic mass is 10.6. The number of hydrogen-bond acceptors (Lipinski definition) is 5. The zero-order valence-electron chi connectivity index (χ0n) is 7.23. The van der Waals surface area contributed by atoms with E-state index in [-0.39, 0.29) is 24.7 Å². The van der Waals surface area contributed by atoms with Crippen molar-refractivity contribution in [3.63, 3.8) is 0 Å². The van der Waals surface area contributed by atoms with Crippen molar-refractivity contribution in [2.24, 2.45) is 10.9 Å². The van der Waals surface area contributed by atoms with Crippen LogP contribution in [0.1, 0.15) is 0 Å². The van der Waals surface area contributed by atoms with E-state index in [9.17, 15) is 8.42 Å². The first-order valence-electron chi connectivity index (χ1n) is 3.44. The predicted molar refractivity (Wildman–Crippen MR) is 47.1 cm³/mol. The Bertz CT molecular complexity index is 261. The molecular weight excluding hydrogens is 198 g/mol. The number of amidine groups is 1. The van der Waals surface area contributed by atoms with Crippen LogP contribution in [-0.2, 0) is 14.8 Å². The summed E-state index contributed by atoms with van der Waals surface area (Å²) >= 11 is 0. The molecule has 0 aliphatic heterocycles. The van der Waals surface area contributed by atoms with Crippen LogP contribution in [0.5, 0.6) is 0 Å². The maximum absolute atomic E-state index is 11.0. The van der Waals surface area contributed by atoms with Crippen LogP contribution >= 0.6 is 0 Å². The molecule has 13 heavy (non-hydrogen) atoms. The summed E-state index contributed by atoms with van der Waals surface area (Å²) in [6.07, 6.45) is 0. The fourth-order valence-corrected chi connectivity index (χ4v) is 1.38. The smallest absolute Gasteiger partial charge is 0.214 e. The first-order chi connectivity index (χ1) is 6.02. The number of hydrogen-bond donors (Lipinski definition) is 3. The van der Waals surface area contributed by atoms with Gasteiger partial charge in [0.25, 0.3) is 0 Å². The Hall–Kier alpha value is -0.860. The van der Waals surface area contributed by atoms with Crippen molar-refractivity contribution in [3.05, 3.63) is 0 Å². The van der Waals surface area contributed by atoms with Gasteiger partial charge >= 0.3 is 0 Å². The van der Waals surface area contributed by atoms with Gasteiger partial charge in [0.1, 0.15) is 0 Å². The summed E-state index contributed by atoms with van der Waals surface area (Å²) in [5.74, 6) is -0.344. The lowest BCUT2D eigenvalue weighted by Gasteiger charge is -2.04. The molecular formula is C5H13N3O4S. The fraction of sp³-hybridized carbons (Fsp3) is 0.800. The van der Waals surface area contributed by atoms with Gasteiger partial charge in [-0.1, -0.05) is 5.16 Å². The zero-order valence-corrected chi connectivity index (χ0v) is 8.04. The zero-order chi connectivity index (χ0) is 10.3. The molecule has 0 saturated carbocycles. The van der Waals surface area contributed by atoms with Crippen LogP contribution in [0.25, 0.3) is 0 Å². The second-order valence-corrected chi connectivity index (χ2v) is 4.15. The number of nitrogens with one attached hydrogen (secondary N) is 1. The molecule has 0 amide bonds. The summed E-state index contributed by atoms with van der Waals surface area (Å²) in [5, 5.41) is 10.7. The van der Waals surface area contributed by atoms with Crippen molar-refractivity contribution in [1.82, 2.24) is 4.72 Å². The Morgan fingerprint density at radius 1 is 1.69 bits per heavy atom. The van der Waals surface area contributed by atoms with E-state index in [2.05, 4.69) is 14.6 Å². The van der Waals surface area contributed by atoms with Crippen molar-refractivity contribution in [2.45, 2.75) is 0 Å². The molecule has 0 radical (unpaired) electrons. The first-order valence-corrected chi connectivity index (χ1v) is 5.09. The van der Waals surface area contributed by atoms with Crippen molar-refractivity contribution < 1.29 is 18.4 Å². The van der Waals surface area contributed by atoms with E-state index in [0.29, 0.717) is 0 Å². The molecule has 0 aromatic carbocycles. The third kappa shape index (κ3) is 6.31. The molecule has 8 heteroatoms. The predicted octanol–water partition coefficient (Wildman–Crippen LogP) is -1.70. The lowest BCUT2D eigenvalue weighted by molar-refractivity contribution is 0.217. The Labute approximate surface area is 76.6 Å². The number of sulfonamides is 1. The van der Waals surface area contributed by atoms with E-state index >= 15 is 0 Å². The van der Waals surface area contributed by atoms with Crippen LogP contribution in [0.4, 0.5) is 0 Å². The number of oxime groups is 1. The maximum atomic E-state index is 11.0. The standard InChI is InChI=1S/C5H13N3O4S/c1-12-2-3-13(10,11)7-4-5(6)8-9/h7,9H,2-4H2,1H3,(H2,6,8). The van der Waals surface area contributed by atoms with Gasteiger partial charge in [-0.05, 0) is 0 Å². The normalized spacial score (nSPS) is 13.2. The molecule has 4 N–H and O–H groups in total. The van der Waals surface area contributed by atoms with Crippen LogP contribution < -0.4 is 10.5 Å². The maximum Gasteiger partial charge on any atom is 0.214 e. The molecule has 0 aromatic rings. The Balaban J connectivity index is 3.90.